The van der Waals surface area contributed by atoms with Gasteiger partial charge in [0.25, 0.3) is 0 Å². The third-order valence-corrected chi connectivity index (χ3v) is 2.04. The fourth-order valence-corrected chi connectivity index (χ4v) is 1.27. The molecule has 1 N–H and O–H groups in total. The van der Waals surface area contributed by atoms with Crippen LogP contribution in [0.25, 0.3) is 0 Å². The zero-order chi connectivity index (χ0) is 12.0. The van der Waals surface area contributed by atoms with Crippen molar-refractivity contribution in [3.05, 3.63) is 29.3 Å². The van der Waals surface area contributed by atoms with Crippen LogP contribution >= 0.6 is 0 Å². The zero-order valence-corrected chi connectivity index (χ0v) is 9.41. The first-order valence-electron chi connectivity index (χ1n) is 5.03. The summed E-state index contributed by atoms with van der Waals surface area (Å²) in [5.74, 6) is 0.542. The maximum absolute atomic E-state index is 11.3. The zero-order valence-electron chi connectivity index (χ0n) is 9.41. The number of carbonyl (C=O) groups excluding carboxylic acids is 1. The van der Waals surface area contributed by atoms with Crippen molar-refractivity contribution in [2.75, 3.05) is 6.54 Å². The van der Waals surface area contributed by atoms with Gasteiger partial charge in [0.05, 0.1) is 12.5 Å². The molecule has 0 saturated heterocycles. The third-order valence-electron chi connectivity index (χ3n) is 2.04. The summed E-state index contributed by atoms with van der Waals surface area (Å²) in [4.78, 5) is 11.3. The quantitative estimate of drug-likeness (QED) is 0.792. The molecule has 1 aromatic rings. The van der Waals surface area contributed by atoms with Crippen LogP contribution in [0.5, 0.6) is 5.75 Å². The smallest absolute Gasteiger partial charge is 0.410 e. The Bertz CT molecular complexity index is 422. The van der Waals surface area contributed by atoms with E-state index in [1.807, 2.05) is 32.0 Å². The van der Waals surface area contributed by atoms with Gasteiger partial charge in [0.1, 0.15) is 5.75 Å². The summed E-state index contributed by atoms with van der Waals surface area (Å²) < 4.78 is 5.09. The Morgan fingerprint density at radius 1 is 1.50 bits per heavy atom. The van der Waals surface area contributed by atoms with Gasteiger partial charge in [-0.1, -0.05) is 17.7 Å². The van der Waals surface area contributed by atoms with Crippen LogP contribution in [-0.4, -0.2) is 12.6 Å². The van der Waals surface area contributed by atoms with Crippen molar-refractivity contribution in [3.8, 4) is 11.8 Å². The van der Waals surface area contributed by atoms with E-state index in [0.29, 0.717) is 12.3 Å². The van der Waals surface area contributed by atoms with Crippen molar-refractivity contribution < 1.29 is 9.53 Å². The summed E-state index contributed by atoms with van der Waals surface area (Å²) in [6.07, 6.45) is -0.246. The highest BCUT2D eigenvalue weighted by atomic mass is 16.6. The fourth-order valence-electron chi connectivity index (χ4n) is 1.27. The van der Waals surface area contributed by atoms with Gasteiger partial charge in [-0.25, -0.2) is 4.79 Å². The molecule has 0 spiro atoms. The number of ether oxygens (including phenoxy) is 1. The van der Waals surface area contributed by atoms with E-state index in [-0.39, 0.29) is 6.42 Å². The Kier molecular flexibility index (Phi) is 4.34. The SMILES string of the molecule is Cc1ccc(OC(=O)NCCC#N)c(C)c1. The summed E-state index contributed by atoms with van der Waals surface area (Å²) in [5.41, 5.74) is 2.03. The average molecular weight is 218 g/mol. The van der Waals surface area contributed by atoms with Crippen LogP contribution in [0.2, 0.25) is 0 Å². The Balaban J connectivity index is 2.53. The first-order valence-corrected chi connectivity index (χ1v) is 5.03. The lowest BCUT2D eigenvalue weighted by Gasteiger charge is -2.08. The van der Waals surface area contributed by atoms with E-state index in [9.17, 15) is 4.79 Å². The normalized spacial score (nSPS) is 9.31. The number of carbonyl (C=O) groups is 1. The molecule has 84 valence electrons. The van der Waals surface area contributed by atoms with Gasteiger partial charge in [0, 0.05) is 6.54 Å². The second kappa shape index (κ2) is 5.76. The van der Waals surface area contributed by atoms with Gasteiger partial charge < -0.3 is 10.1 Å². The van der Waals surface area contributed by atoms with Crippen molar-refractivity contribution in [3.63, 3.8) is 0 Å². The third kappa shape index (κ3) is 3.62. The molecule has 0 atom stereocenters. The maximum atomic E-state index is 11.3. The molecule has 0 saturated carbocycles. The maximum Gasteiger partial charge on any atom is 0.412 e. The molecule has 0 aliphatic carbocycles. The first kappa shape index (κ1) is 12.1. The van der Waals surface area contributed by atoms with Gasteiger partial charge >= 0.3 is 6.09 Å². The van der Waals surface area contributed by atoms with Crippen molar-refractivity contribution in [2.45, 2.75) is 20.3 Å². The standard InChI is InChI=1S/C12H14N2O2/c1-9-4-5-11(10(2)8-9)16-12(15)14-7-3-6-13/h4-5,8H,3,7H2,1-2H3,(H,14,15). The lowest BCUT2D eigenvalue weighted by Crippen LogP contribution is -2.27. The van der Waals surface area contributed by atoms with Gasteiger partial charge in [-0.3, -0.25) is 0 Å². The van der Waals surface area contributed by atoms with Crippen LogP contribution in [-0.2, 0) is 0 Å². The number of nitriles is 1. The number of nitrogens with one attached hydrogen (secondary N) is 1. The molecule has 1 amide bonds. The summed E-state index contributed by atoms with van der Waals surface area (Å²) in [5, 5.41) is 10.8. The minimum Gasteiger partial charge on any atom is -0.410 e. The Labute approximate surface area is 94.8 Å². The van der Waals surface area contributed by atoms with Crippen molar-refractivity contribution in [1.82, 2.24) is 5.32 Å². The number of aryl methyl sites for hydroxylation is 2. The van der Waals surface area contributed by atoms with E-state index in [2.05, 4.69) is 5.32 Å². The number of hydrogen-bond acceptors (Lipinski definition) is 3. The lowest BCUT2D eigenvalue weighted by atomic mass is 10.1. The number of nitrogens with zero attached hydrogens (tertiary/aromatic N) is 1. The highest BCUT2D eigenvalue weighted by Gasteiger charge is 2.05. The molecule has 0 radical (unpaired) electrons. The monoisotopic (exact) mass is 218 g/mol. The Morgan fingerprint density at radius 3 is 2.88 bits per heavy atom. The largest absolute Gasteiger partial charge is 0.412 e. The molecular weight excluding hydrogens is 204 g/mol. The summed E-state index contributed by atoms with van der Waals surface area (Å²) in [7, 11) is 0. The predicted molar refractivity (Wildman–Crippen MR) is 60.2 cm³/mol. The highest BCUT2D eigenvalue weighted by Crippen LogP contribution is 2.18. The summed E-state index contributed by atoms with van der Waals surface area (Å²) in [6.45, 7) is 4.16. The van der Waals surface area contributed by atoms with Gasteiger partial charge in [0.2, 0.25) is 0 Å². The summed E-state index contributed by atoms with van der Waals surface area (Å²) >= 11 is 0. The highest BCUT2D eigenvalue weighted by molar-refractivity contribution is 5.70. The Morgan fingerprint density at radius 2 is 2.25 bits per heavy atom. The second-order valence-electron chi connectivity index (χ2n) is 3.49. The van der Waals surface area contributed by atoms with Crippen LogP contribution in [0.4, 0.5) is 4.79 Å². The second-order valence-corrected chi connectivity index (χ2v) is 3.49. The summed E-state index contributed by atoms with van der Waals surface area (Å²) in [6, 6.07) is 7.52. The number of amides is 1. The van der Waals surface area contributed by atoms with Crippen molar-refractivity contribution in [2.24, 2.45) is 0 Å². The van der Waals surface area contributed by atoms with Gasteiger partial charge in [-0.2, -0.15) is 5.26 Å². The van der Waals surface area contributed by atoms with E-state index in [4.69, 9.17) is 10.00 Å². The van der Waals surface area contributed by atoms with Crippen LogP contribution in [0.15, 0.2) is 18.2 Å². The molecule has 0 unspecified atom stereocenters. The Hall–Kier alpha value is -2.02. The molecule has 0 bridgehead atoms. The number of rotatable bonds is 3. The molecule has 0 aliphatic heterocycles. The van der Waals surface area contributed by atoms with E-state index in [1.165, 1.54) is 0 Å². The van der Waals surface area contributed by atoms with Crippen LogP contribution in [0, 0.1) is 25.2 Å². The first-order chi connectivity index (χ1) is 7.63. The molecule has 0 aromatic heterocycles. The molecule has 0 fully saturated rings. The van der Waals surface area contributed by atoms with E-state index >= 15 is 0 Å². The molecule has 1 aromatic carbocycles. The number of benzene rings is 1. The van der Waals surface area contributed by atoms with Crippen molar-refractivity contribution >= 4 is 6.09 Å². The van der Waals surface area contributed by atoms with E-state index < -0.39 is 6.09 Å². The molecule has 1 rings (SSSR count). The average Bonchev–Trinajstić information content (AvgIpc) is 2.23. The lowest BCUT2D eigenvalue weighted by molar-refractivity contribution is 0.200. The number of hydrogen-bond donors (Lipinski definition) is 1. The molecule has 4 nitrogen and oxygen atoms in total. The van der Waals surface area contributed by atoms with Crippen LogP contribution < -0.4 is 10.1 Å². The van der Waals surface area contributed by atoms with Crippen LogP contribution in [0.1, 0.15) is 17.5 Å². The molecule has 4 heteroatoms. The molecule has 0 heterocycles. The van der Waals surface area contributed by atoms with Crippen LogP contribution in [0.3, 0.4) is 0 Å². The van der Waals surface area contributed by atoms with Gasteiger partial charge in [-0.15, -0.1) is 0 Å². The topological polar surface area (TPSA) is 62.1 Å². The van der Waals surface area contributed by atoms with E-state index in [1.54, 1.807) is 6.07 Å². The molecule has 16 heavy (non-hydrogen) atoms. The molecule has 0 aliphatic rings. The molecular formula is C12H14N2O2. The predicted octanol–water partition coefficient (Wildman–Crippen LogP) is 2.31. The van der Waals surface area contributed by atoms with Gasteiger partial charge in [0.15, 0.2) is 0 Å². The minimum atomic E-state index is -0.526. The minimum absolute atomic E-state index is 0.280. The van der Waals surface area contributed by atoms with E-state index in [0.717, 1.165) is 11.1 Å². The van der Waals surface area contributed by atoms with Crippen molar-refractivity contribution in [1.29, 1.82) is 5.26 Å². The fraction of sp³-hybridized carbons (Fsp3) is 0.333. The van der Waals surface area contributed by atoms with Gasteiger partial charge in [-0.05, 0) is 25.5 Å².